The van der Waals surface area contributed by atoms with Crippen LogP contribution in [0.3, 0.4) is 0 Å². The summed E-state index contributed by atoms with van der Waals surface area (Å²) >= 11 is 0. The zero-order valence-electron chi connectivity index (χ0n) is 38.5. The third-order valence-corrected chi connectivity index (χ3v) is 14.4. The Balaban J connectivity index is 1.24. The molecule has 0 N–H and O–H groups in total. The summed E-state index contributed by atoms with van der Waals surface area (Å²) in [5.74, 6) is 0. The van der Waals surface area contributed by atoms with Crippen LogP contribution < -0.4 is 4.90 Å². The van der Waals surface area contributed by atoms with Crippen LogP contribution in [-0.2, 0) is 16.2 Å². The first kappa shape index (κ1) is 44.9. The molecule has 0 heterocycles. The molecule has 0 aliphatic heterocycles. The van der Waals surface area contributed by atoms with Crippen molar-refractivity contribution in [1.29, 1.82) is 0 Å². The van der Waals surface area contributed by atoms with E-state index in [2.05, 4.69) is 249 Å². The molecule has 0 atom stereocenters. The van der Waals surface area contributed by atoms with Crippen LogP contribution in [0.2, 0.25) is 0 Å². The summed E-state index contributed by atoms with van der Waals surface area (Å²) in [7, 11) is 0. The normalized spacial score (nSPS) is 12.5. The molecule has 1 nitrogen and oxygen atoms in total. The maximum atomic E-state index is 2.37. The van der Waals surface area contributed by atoms with Crippen LogP contribution >= 0.6 is 0 Å². The third kappa shape index (κ3) is 10.8. The molecule has 0 saturated heterocycles. The summed E-state index contributed by atoms with van der Waals surface area (Å²) in [6.45, 7) is 20.8. The second kappa shape index (κ2) is 20.3. The molecule has 0 unspecified atom stereocenters. The Morgan fingerprint density at radius 3 is 0.607 bits per heavy atom. The zero-order chi connectivity index (χ0) is 43.5. The van der Waals surface area contributed by atoms with Gasteiger partial charge in [-0.3, -0.25) is 0 Å². The Morgan fingerprint density at radius 1 is 0.279 bits per heavy atom. The van der Waals surface area contributed by atoms with Crippen LogP contribution in [0.15, 0.2) is 146 Å². The molecule has 0 fully saturated rings. The molecular weight excluding hydrogens is 735 g/mol. The number of hydrogen-bond acceptors (Lipinski definition) is 1. The highest BCUT2D eigenvalue weighted by Crippen LogP contribution is 2.37. The predicted molar refractivity (Wildman–Crippen MR) is 271 cm³/mol. The van der Waals surface area contributed by atoms with E-state index in [1.54, 1.807) is 0 Å². The molecule has 0 spiro atoms. The topological polar surface area (TPSA) is 3.24 Å². The van der Waals surface area contributed by atoms with Gasteiger partial charge in [0.15, 0.2) is 0 Å². The maximum absolute atomic E-state index is 2.37. The van der Waals surface area contributed by atoms with Gasteiger partial charge in [-0.2, -0.15) is 0 Å². The smallest absolute Gasteiger partial charge is 0.0462 e. The fourth-order valence-corrected chi connectivity index (χ4v) is 8.19. The van der Waals surface area contributed by atoms with Gasteiger partial charge < -0.3 is 4.90 Å². The lowest BCUT2D eigenvalue weighted by Gasteiger charge is -2.27. The quantitative estimate of drug-likeness (QED) is 0.0783. The van der Waals surface area contributed by atoms with Crippen LogP contribution in [0.25, 0.3) is 36.5 Å². The van der Waals surface area contributed by atoms with Crippen molar-refractivity contribution in [3.05, 3.63) is 196 Å². The minimum absolute atomic E-state index is 0.231. The molecule has 0 radical (unpaired) electrons. The Labute approximate surface area is 369 Å². The fraction of sp³-hybridized carbons (Fsp3) is 0.300. The summed E-state index contributed by atoms with van der Waals surface area (Å²) in [4.78, 5) is 2.35. The van der Waals surface area contributed by atoms with Gasteiger partial charge in [0.05, 0.1) is 0 Å². The highest BCUT2D eigenvalue weighted by atomic mass is 15.1. The lowest BCUT2D eigenvalue weighted by molar-refractivity contribution is 0.439. The van der Waals surface area contributed by atoms with Crippen LogP contribution in [-0.4, -0.2) is 0 Å². The predicted octanol–water partition coefficient (Wildman–Crippen LogP) is 17.9. The van der Waals surface area contributed by atoms with Crippen LogP contribution in [0, 0.1) is 0 Å². The Bertz CT molecular complexity index is 2070. The molecule has 0 amide bonds. The maximum Gasteiger partial charge on any atom is 0.0462 e. The highest BCUT2D eigenvalue weighted by Gasteiger charge is 2.23. The van der Waals surface area contributed by atoms with E-state index in [0.717, 1.165) is 55.6 Å². The average Bonchev–Trinajstić information content (AvgIpc) is 3.33. The van der Waals surface area contributed by atoms with Crippen molar-refractivity contribution in [2.45, 2.75) is 117 Å². The first-order valence-corrected chi connectivity index (χ1v) is 22.9. The summed E-state index contributed by atoms with van der Waals surface area (Å²) < 4.78 is 0. The highest BCUT2D eigenvalue weighted by molar-refractivity contribution is 5.80. The molecular formula is C60H69N. The molecule has 1 heteroatoms. The van der Waals surface area contributed by atoms with Gasteiger partial charge in [-0.05, 0) is 141 Å². The van der Waals surface area contributed by atoms with Gasteiger partial charge in [-0.15, -0.1) is 0 Å². The van der Waals surface area contributed by atoms with Gasteiger partial charge in [0.2, 0.25) is 0 Å². The molecule has 0 aromatic heterocycles. The van der Waals surface area contributed by atoms with Gasteiger partial charge in [0.1, 0.15) is 0 Å². The molecule has 0 aliphatic rings. The summed E-state index contributed by atoms with van der Waals surface area (Å²) in [5, 5.41) is 0. The third-order valence-electron chi connectivity index (χ3n) is 14.4. The van der Waals surface area contributed by atoms with E-state index in [1.165, 1.54) is 50.1 Å². The van der Waals surface area contributed by atoms with Gasteiger partial charge in [-0.1, -0.05) is 208 Å². The molecule has 6 rings (SSSR count). The average molecular weight is 804 g/mol. The van der Waals surface area contributed by atoms with E-state index in [0.29, 0.717) is 0 Å². The largest absolute Gasteiger partial charge is 0.311 e. The second-order valence-corrected chi connectivity index (χ2v) is 17.8. The first-order chi connectivity index (χ1) is 29.5. The Morgan fingerprint density at radius 2 is 0.443 bits per heavy atom. The van der Waals surface area contributed by atoms with Gasteiger partial charge in [0.25, 0.3) is 0 Å². The molecule has 6 aromatic rings. The van der Waals surface area contributed by atoms with Crippen molar-refractivity contribution in [2.75, 3.05) is 4.90 Å². The monoisotopic (exact) mass is 804 g/mol. The van der Waals surface area contributed by atoms with Crippen molar-refractivity contribution in [3.63, 3.8) is 0 Å². The molecule has 61 heavy (non-hydrogen) atoms. The molecule has 6 aromatic carbocycles. The van der Waals surface area contributed by atoms with Gasteiger partial charge in [-0.25, -0.2) is 0 Å². The molecule has 0 saturated carbocycles. The SMILES string of the molecule is CCC(C)(CC)c1ccc(/C=C/c2ccc(N(c3ccc(/C=C/c4ccc(C(C)(CC)CC)cc4)cc3)c3ccc(/C=C/c4ccc(C(C)(CC)CC)cc4)cc3)cc2)cc1. The molecule has 0 bridgehead atoms. The Kier molecular flexibility index (Phi) is 14.9. The summed E-state index contributed by atoms with van der Waals surface area (Å²) in [5.41, 5.74) is 15.4. The van der Waals surface area contributed by atoms with E-state index in [9.17, 15) is 0 Å². The van der Waals surface area contributed by atoms with Gasteiger partial charge >= 0.3 is 0 Å². The van der Waals surface area contributed by atoms with E-state index < -0.39 is 0 Å². The van der Waals surface area contributed by atoms with E-state index in [1.807, 2.05) is 0 Å². The van der Waals surface area contributed by atoms with Crippen molar-refractivity contribution in [2.24, 2.45) is 0 Å². The zero-order valence-corrected chi connectivity index (χ0v) is 38.5. The lowest BCUT2D eigenvalue weighted by atomic mass is 9.78. The van der Waals surface area contributed by atoms with Crippen molar-refractivity contribution >= 4 is 53.5 Å². The van der Waals surface area contributed by atoms with E-state index in [-0.39, 0.29) is 16.2 Å². The van der Waals surface area contributed by atoms with Crippen LogP contribution in [0.1, 0.15) is 151 Å². The van der Waals surface area contributed by atoms with Crippen LogP contribution in [0.4, 0.5) is 17.1 Å². The minimum atomic E-state index is 0.231. The number of anilines is 3. The Hall–Kier alpha value is -5.66. The van der Waals surface area contributed by atoms with Crippen molar-refractivity contribution < 1.29 is 0 Å². The van der Waals surface area contributed by atoms with Gasteiger partial charge in [0, 0.05) is 17.1 Å². The van der Waals surface area contributed by atoms with Crippen molar-refractivity contribution in [3.8, 4) is 0 Å². The standard InChI is InChI=1S/C60H69N/c1-10-58(7,11-2)52-34-22-46(23-35-52)16-19-49-28-40-55(41-29-49)61(56-42-30-50(31-43-56)20-17-47-24-36-53(37-25-47)59(8,12-3)13-4)57-44-32-51(33-45-57)21-18-48-26-38-54(39-27-48)60(9,14-5)15-6/h16-45H,10-15H2,1-9H3/b19-16+,20-17+,21-18+. The first-order valence-electron chi connectivity index (χ1n) is 22.9. The summed E-state index contributed by atoms with van der Waals surface area (Å²) in [6.07, 6.45) is 20.1. The van der Waals surface area contributed by atoms with E-state index >= 15 is 0 Å². The number of nitrogens with zero attached hydrogens (tertiary/aromatic N) is 1. The fourth-order valence-electron chi connectivity index (χ4n) is 8.19. The second-order valence-electron chi connectivity index (χ2n) is 17.8. The number of hydrogen-bond donors (Lipinski definition) is 0. The van der Waals surface area contributed by atoms with Crippen LogP contribution in [0.5, 0.6) is 0 Å². The van der Waals surface area contributed by atoms with Crippen molar-refractivity contribution in [1.82, 2.24) is 0 Å². The minimum Gasteiger partial charge on any atom is -0.311 e. The number of rotatable bonds is 18. The summed E-state index contributed by atoms with van der Waals surface area (Å²) in [6, 6.07) is 54.0. The molecule has 0 aliphatic carbocycles. The lowest BCUT2D eigenvalue weighted by Crippen LogP contribution is -2.19. The van der Waals surface area contributed by atoms with E-state index in [4.69, 9.17) is 0 Å². The molecule has 314 valence electrons. The number of benzene rings is 6.